The predicted octanol–water partition coefficient (Wildman–Crippen LogP) is 2.98. The van der Waals surface area contributed by atoms with Gasteiger partial charge in [0.25, 0.3) is 0 Å². The van der Waals surface area contributed by atoms with Crippen molar-refractivity contribution in [2.45, 2.75) is 30.1 Å². The van der Waals surface area contributed by atoms with Gasteiger partial charge in [0, 0.05) is 16.7 Å². The molecule has 0 saturated carbocycles. The summed E-state index contributed by atoms with van der Waals surface area (Å²) in [4.78, 5) is 0.720. The summed E-state index contributed by atoms with van der Waals surface area (Å²) in [5, 5.41) is 12.0. The fourth-order valence-corrected chi connectivity index (χ4v) is 2.24. The highest BCUT2D eigenvalue weighted by Gasteiger charge is 2.37. The van der Waals surface area contributed by atoms with E-state index in [1.165, 1.54) is 0 Å². The molecule has 0 saturated heterocycles. The lowest BCUT2D eigenvalue weighted by Crippen LogP contribution is -2.30. The number of aliphatic hydroxyl groups is 1. The molecule has 0 aliphatic rings. The number of rotatable bonds is 5. The third kappa shape index (κ3) is 4.51. The lowest BCUT2D eigenvalue weighted by Gasteiger charge is -2.15. The van der Waals surface area contributed by atoms with E-state index in [9.17, 15) is 13.2 Å². The maximum absolute atomic E-state index is 12.1. The van der Waals surface area contributed by atoms with Gasteiger partial charge in [-0.2, -0.15) is 13.2 Å². The first-order valence-corrected chi connectivity index (χ1v) is 6.48. The first-order valence-electron chi connectivity index (χ1n) is 5.49. The Morgan fingerprint density at radius 1 is 1.39 bits per heavy atom. The van der Waals surface area contributed by atoms with Gasteiger partial charge in [0.1, 0.15) is 0 Å². The minimum atomic E-state index is -4.55. The SMILES string of the molecule is CNC(C)c1cccc(SCC(O)C(F)(F)F)c1. The monoisotopic (exact) mass is 279 g/mol. The Hall–Kier alpha value is -0.720. The molecule has 2 atom stereocenters. The van der Waals surface area contributed by atoms with Gasteiger partial charge in [-0.3, -0.25) is 0 Å². The molecule has 0 amide bonds. The molecular formula is C12H16F3NOS. The normalized spacial score (nSPS) is 15.4. The number of hydrogen-bond donors (Lipinski definition) is 2. The minimum absolute atomic E-state index is 0.137. The van der Waals surface area contributed by atoms with Gasteiger partial charge >= 0.3 is 6.18 Å². The molecule has 0 spiro atoms. The molecular weight excluding hydrogens is 263 g/mol. The van der Waals surface area contributed by atoms with Gasteiger partial charge in [-0.05, 0) is 31.7 Å². The summed E-state index contributed by atoms with van der Waals surface area (Å²) in [5.74, 6) is -0.388. The first kappa shape index (κ1) is 15.3. The Labute approximate surface area is 109 Å². The molecule has 0 aliphatic carbocycles. The van der Waals surface area contributed by atoms with E-state index in [2.05, 4.69) is 5.32 Å². The maximum atomic E-state index is 12.1. The zero-order valence-corrected chi connectivity index (χ0v) is 11.0. The molecule has 18 heavy (non-hydrogen) atoms. The molecule has 0 fully saturated rings. The van der Waals surface area contributed by atoms with Crippen LogP contribution in [0.2, 0.25) is 0 Å². The van der Waals surface area contributed by atoms with Gasteiger partial charge in [-0.15, -0.1) is 11.8 Å². The van der Waals surface area contributed by atoms with E-state index in [0.29, 0.717) is 0 Å². The maximum Gasteiger partial charge on any atom is 0.415 e. The summed E-state index contributed by atoms with van der Waals surface area (Å²) in [5.41, 5.74) is 1.00. The van der Waals surface area contributed by atoms with Crippen LogP contribution in [0.5, 0.6) is 0 Å². The van der Waals surface area contributed by atoms with E-state index in [4.69, 9.17) is 5.11 Å². The van der Waals surface area contributed by atoms with Crippen molar-refractivity contribution >= 4 is 11.8 Å². The fourth-order valence-electron chi connectivity index (χ4n) is 1.31. The summed E-state index contributed by atoms with van der Waals surface area (Å²) >= 11 is 1.000. The molecule has 0 bridgehead atoms. The van der Waals surface area contributed by atoms with Crippen molar-refractivity contribution in [1.29, 1.82) is 0 Å². The Bertz CT molecular complexity index is 384. The van der Waals surface area contributed by atoms with Crippen LogP contribution in [0.4, 0.5) is 13.2 Å². The van der Waals surface area contributed by atoms with Crippen LogP contribution in [0.15, 0.2) is 29.2 Å². The molecule has 6 heteroatoms. The highest BCUT2D eigenvalue weighted by atomic mass is 32.2. The Morgan fingerprint density at radius 2 is 2.06 bits per heavy atom. The van der Waals surface area contributed by atoms with Crippen LogP contribution >= 0.6 is 11.8 Å². The lowest BCUT2D eigenvalue weighted by atomic mass is 10.1. The molecule has 102 valence electrons. The third-order valence-corrected chi connectivity index (χ3v) is 3.65. The Balaban J connectivity index is 2.63. The van der Waals surface area contributed by atoms with E-state index in [1.807, 2.05) is 26.1 Å². The topological polar surface area (TPSA) is 32.3 Å². The molecule has 0 radical (unpaired) electrons. The number of benzene rings is 1. The first-order chi connectivity index (χ1) is 8.34. The molecule has 0 aliphatic heterocycles. The van der Waals surface area contributed by atoms with Gasteiger partial charge in [0.05, 0.1) is 0 Å². The Morgan fingerprint density at radius 3 is 2.61 bits per heavy atom. The second-order valence-corrected chi connectivity index (χ2v) is 5.04. The van der Waals surface area contributed by atoms with Crippen LogP contribution in [-0.4, -0.2) is 30.2 Å². The number of alkyl halides is 3. The average molecular weight is 279 g/mol. The summed E-state index contributed by atoms with van der Waals surface area (Å²) in [6.07, 6.45) is -6.84. The van der Waals surface area contributed by atoms with E-state index < -0.39 is 12.3 Å². The van der Waals surface area contributed by atoms with Gasteiger partial charge in [0.15, 0.2) is 6.10 Å². The molecule has 1 aromatic rings. The van der Waals surface area contributed by atoms with E-state index in [1.54, 1.807) is 12.1 Å². The van der Waals surface area contributed by atoms with E-state index >= 15 is 0 Å². The largest absolute Gasteiger partial charge is 0.415 e. The number of halogens is 3. The summed E-state index contributed by atoms with van der Waals surface area (Å²) in [7, 11) is 1.82. The van der Waals surface area contributed by atoms with Gasteiger partial charge in [-0.25, -0.2) is 0 Å². The average Bonchev–Trinajstić information content (AvgIpc) is 2.34. The quantitative estimate of drug-likeness (QED) is 0.813. The van der Waals surface area contributed by atoms with Crippen molar-refractivity contribution in [2.24, 2.45) is 0 Å². The van der Waals surface area contributed by atoms with Crippen LogP contribution in [0.1, 0.15) is 18.5 Å². The van der Waals surface area contributed by atoms with E-state index in [-0.39, 0.29) is 11.8 Å². The van der Waals surface area contributed by atoms with Crippen molar-refractivity contribution in [3.8, 4) is 0 Å². The minimum Gasteiger partial charge on any atom is -0.383 e. The fraction of sp³-hybridized carbons (Fsp3) is 0.500. The van der Waals surface area contributed by atoms with Gasteiger partial charge < -0.3 is 10.4 Å². The highest BCUT2D eigenvalue weighted by molar-refractivity contribution is 7.99. The molecule has 0 aromatic heterocycles. The molecule has 0 heterocycles. The van der Waals surface area contributed by atoms with Crippen LogP contribution in [0.3, 0.4) is 0 Å². The zero-order chi connectivity index (χ0) is 13.8. The van der Waals surface area contributed by atoms with Gasteiger partial charge in [0.2, 0.25) is 0 Å². The number of aliphatic hydroxyl groups excluding tert-OH is 1. The molecule has 1 aromatic carbocycles. The molecule has 2 N–H and O–H groups in total. The molecule has 2 nitrogen and oxygen atoms in total. The van der Waals surface area contributed by atoms with Crippen LogP contribution in [-0.2, 0) is 0 Å². The summed E-state index contributed by atoms with van der Waals surface area (Å²) in [6, 6.07) is 7.41. The second-order valence-electron chi connectivity index (χ2n) is 3.95. The standard InChI is InChI=1S/C12H16F3NOS/c1-8(16-2)9-4-3-5-10(6-9)18-7-11(17)12(13,14)15/h3-6,8,11,16-17H,7H2,1-2H3. The van der Waals surface area contributed by atoms with Crippen molar-refractivity contribution < 1.29 is 18.3 Å². The second kappa shape index (κ2) is 6.45. The summed E-state index contributed by atoms with van der Waals surface area (Å²) < 4.78 is 36.4. The van der Waals surface area contributed by atoms with Crippen molar-refractivity contribution in [1.82, 2.24) is 5.32 Å². The number of thioether (sulfide) groups is 1. The predicted molar refractivity (Wildman–Crippen MR) is 66.7 cm³/mol. The van der Waals surface area contributed by atoms with Crippen molar-refractivity contribution in [2.75, 3.05) is 12.8 Å². The zero-order valence-electron chi connectivity index (χ0n) is 10.2. The van der Waals surface area contributed by atoms with E-state index in [0.717, 1.165) is 22.2 Å². The molecule has 2 unspecified atom stereocenters. The molecule has 1 rings (SSSR count). The van der Waals surface area contributed by atoms with Crippen LogP contribution in [0, 0.1) is 0 Å². The van der Waals surface area contributed by atoms with Crippen LogP contribution in [0.25, 0.3) is 0 Å². The third-order valence-electron chi connectivity index (χ3n) is 2.58. The van der Waals surface area contributed by atoms with Crippen LogP contribution < -0.4 is 5.32 Å². The highest BCUT2D eigenvalue weighted by Crippen LogP contribution is 2.28. The van der Waals surface area contributed by atoms with Gasteiger partial charge in [-0.1, -0.05) is 12.1 Å². The lowest BCUT2D eigenvalue weighted by molar-refractivity contribution is -0.195. The summed E-state index contributed by atoms with van der Waals surface area (Å²) in [6.45, 7) is 1.97. The smallest absolute Gasteiger partial charge is 0.383 e. The van der Waals surface area contributed by atoms with Crippen molar-refractivity contribution in [3.63, 3.8) is 0 Å². The number of hydrogen-bond acceptors (Lipinski definition) is 3. The number of nitrogens with one attached hydrogen (secondary N) is 1. The van der Waals surface area contributed by atoms with Crippen molar-refractivity contribution in [3.05, 3.63) is 29.8 Å². The Kier molecular flexibility index (Phi) is 5.49.